The first kappa shape index (κ1) is 14.3. The molecule has 0 aromatic heterocycles. The zero-order chi connectivity index (χ0) is 14.8. The second-order valence-electron chi connectivity index (χ2n) is 5.14. The third-order valence-electron chi connectivity index (χ3n) is 3.58. The molecule has 0 amide bonds. The lowest BCUT2D eigenvalue weighted by molar-refractivity contribution is -0.139. The number of carbonyl (C=O) groups is 1. The van der Waals surface area contributed by atoms with Crippen molar-refractivity contribution < 1.29 is 23.6 Å². The van der Waals surface area contributed by atoms with Crippen LogP contribution in [0, 0.1) is 0 Å². The van der Waals surface area contributed by atoms with Crippen LogP contribution in [-0.2, 0) is 15.6 Å². The molecule has 2 heterocycles. The largest absolute Gasteiger partial charge is 0.490 e. The Hall–Kier alpha value is -1.60. The normalized spacial score (nSPS) is 28.7. The molecule has 0 spiro atoms. The van der Waals surface area contributed by atoms with Crippen LogP contribution in [-0.4, -0.2) is 46.0 Å². The highest BCUT2D eigenvalue weighted by Crippen LogP contribution is 2.33. The van der Waals surface area contributed by atoms with Gasteiger partial charge in [-0.25, -0.2) is 0 Å². The summed E-state index contributed by atoms with van der Waals surface area (Å²) in [7, 11) is -1.14. The van der Waals surface area contributed by atoms with Crippen LogP contribution in [0.2, 0.25) is 0 Å². The van der Waals surface area contributed by atoms with E-state index in [2.05, 4.69) is 5.32 Å². The van der Waals surface area contributed by atoms with Gasteiger partial charge in [0.15, 0.2) is 11.5 Å². The van der Waals surface area contributed by atoms with Gasteiger partial charge in [0, 0.05) is 34.8 Å². The maximum atomic E-state index is 11.9. The molecule has 1 saturated heterocycles. The topological polar surface area (TPSA) is 84.9 Å². The average Bonchev–Trinajstić information content (AvgIpc) is 2.70. The molecule has 1 fully saturated rings. The minimum absolute atomic E-state index is 0.149. The lowest BCUT2D eigenvalue weighted by Crippen LogP contribution is -2.49. The van der Waals surface area contributed by atoms with Crippen molar-refractivity contribution in [2.24, 2.45) is 0 Å². The van der Waals surface area contributed by atoms with Crippen molar-refractivity contribution in [2.75, 3.05) is 24.7 Å². The Balaban J connectivity index is 1.84. The van der Waals surface area contributed by atoms with E-state index in [1.807, 2.05) is 18.2 Å². The first-order valence-electron chi connectivity index (χ1n) is 6.87. The number of fused-ring (bicyclic) bond motifs is 1. The molecule has 2 aliphatic heterocycles. The number of rotatable bonds is 2. The Morgan fingerprint density at radius 1 is 1.24 bits per heavy atom. The number of benzene rings is 1. The van der Waals surface area contributed by atoms with Crippen LogP contribution in [0.25, 0.3) is 0 Å². The molecule has 1 aromatic rings. The number of carboxylic acids is 1. The fourth-order valence-corrected chi connectivity index (χ4v) is 3.92. The van der Waals surface area contributed by atoms with Gasteiger partial charge in [-0.15, -0.1) is 0 Å². The van der Waals surface area contributed by atoms with E-state index >= 15 is 0 Å². The number of hydrogen-bond acceptors (Lipinski definition) is 5. The monoisotopic (exact) mass is 311 g/mol. The molecule has 0 radical (unpaired) electrons. The highest BCUT2D eigenvalue weighted by molar-refractivity contribution is 7.85. The highest BCUT2D eigenvalue weighted by atomic mass is 32.2. The minimum atomic E-state index is -1.14. The molecule has 3 rings (SSSR count). The SMILES string of the molecule is O=C(O)C1CS(=O)CC(c2ccc3c(c2)OCCCO3)N1. The van der Waals surface area contributed by atoms with Crippen molar-refractivity contribution in [1.29, 1.82) is 0 Å². The molecular weight excluding hydrogens is 294 g/mol. The van der Waals surface area contributed by atoms with Crippen LogP contribution >= 0.6 is 0 Å². The van der Waals surface area contributed by atoms with E-state index in [9.17, 15) is 9.00 Å². The molecule has 3 unspecified atom stereocenters. The van der Waals surface area contributed by atoms with E-state index in [0.29, 0.717) is 30.5 Å². The Morgan fingerprint density at radius 2 is 2.00 bits per heavy atom. The molecular formula is C14H17NO5S. The summed E-state index contributed by atoms with van der Waals surface area (Å²) in [5.74, 6) is 0.945. The summed E-state index contributed by atoms with van der Waals surface area (Å²) in [6.07, 6.45) is 0.830. The summed E-state index contributed by atoms with van der Waals surface area (Å²) in [5, 5.41) is 12.1. The van der Waals surface area contributed by atoms with Crippen molar-refractivity contribution in [1.82, 2.24) is 5.32 Å². The molecule has 3 atom stereocenters. The van der Waals surface area contributed by atoms with E-state index in [-0.39, 0.29) is 11.8 Å². The van der Waals surface area contributed by atoms with Gasteiger partial charge in [0.05, 0.1) is 13.2 Å². The van der Waals surface area contributed by atoms with Crippen molar-refractivity contribution >= 4 is 16.8 Å². The van der Waals surface area contributed by atoms with E-state index < -0.39 is 22.8 Å². The molecule has 2 N–H and O–H groups in total. The Bertz CT molecular complexity index is 576. The maximum absolute atomic E-state index is 11.9. The van der Waals surface area contributed by atoms with Crippen molar-refractivity contribution in [3.05, 3.63) is 23.8 Å². The standard InChI is InChI=1S/C14H17NO5S/c16-14(17)11-8-21(18)7-10(15-11)9-2-3-12-13(6-9)20-5-1-4-19-12/h2-3,6,10-11,15H,1,4-5,7-8H2,(H,16,17). The van der Waals surface area contributed by atoms with Crippen LogP contribution < -0.4 is 14.8 Å². The molecule has 0 aliphatic carbocycles. The zero-order valence-electron chi connectivity index (χ0n) is 11.4. The third-order valence-corrected chi connectivity index (χ3v) is 4.99. The van der Waals surface area contributed by atoms with Gasteiger partial charge >= 0.3 is 5.97 Å². The lowest BCUT2D eigenvalue weighted by Gasteiger charge is -2.28. The van der Waals surface area contributed by atoms with Gasteiger partial charge in [-0.3, -0.25) is 14.3 Å². The Labute approximate surface area is 124 Å². The fourth-order valence-electron chi connectivity index (χ4n) is 2.51. The van der Waals surface area contributed by atoms with Crippen molar-refractivity contribution in [2.45, 2.75) is 18.5 Å². The summed E-state index contributed by atoms with van der Waals surface area (Å²) >= 11 is 0. The van der Waals surface area contributed by atoms with Crippen molar-refractivity contribution in [3.8, 4) is 11.5 Å². The van der Waals surface area contributed by atoms with Gasteiger partial charge in [-0.1, -0.05) is 6.07 Å². The lowest BCUT2D eigenvalue weighted by atomic mass is 10.1. The number of hydrogen-bond donors (Lipinski definition) is 2. The quantitative estimate of drug-likeness (QED) is 0.836. The smallest absolute Gasteiger partial charge is 0.321 e. The van der Waals surface area contributed by atoms with Crippen LogP contribution in [0.4, 0.5) is 0 Å². The molecule has 7 heteroatoms. The van der Waals surface area contributed by atoms with Gasteiger partial charge in [-0.2, -0.15) is 0 Å². The zero-order valence-corrected chi connectivity index (χ0v) is 12.2. The van der Waals surface area contributed by atoms with E-state index in [0.717, 1.165) is 12.0 Å². The molecule has 114 valence electrons. The van der Waals surface area contributed by atoms with Crippen LogP contribution in [0.1, 0.15) is 18.0 Å². The molecule has 1 aromatic carbocycles. The van der Waals surface area contributed by atoms with Crippen LogP contribution in [0.3, 0.4) is 0 Å². The predicted molar refractivity (Wildman–Crippen MR) is 77.2 cm³/mol. The highest BCUT2D eigenvalue weighted by Gasteiger charge is 2.31. The van der Waals surface area contributed by atoms with E-state index in [1.54, 1.807) is 0 Å². The summed E-state index contributed by atoms with van der Waals surface area (Å²) in [6.45, 7) is 1.22. The molecule has 0 saturated carbocycles. The first-order chi connectivity index (χ1) is 10.1. The minimum Gasteiger partial charge on any atom is -0.490 e. The van der Waals surface area contributed by atoms with Gasteiger partial charge in [0.1, 0.15) is 6.04 Å². The van der Waals surface area contributed by atoms with Gasteiger partial charge in [0.25, 0.3) is 0 Å². The van der Waals surface area contributed by atoms with E-state index in [1.165, 1.54) is 0 Å². The van der Waals surface area contributed by atoms with Crippen molar-refractivity contribution in [3.63, 3.8) is 0 Å². The number of ether oxygens (including phenoxy) is 2. The third kappa shape index (κ3) is 3.19. The van der Waals surface area contributed by atoms with E-state index in [4.69, 9.17) is 14.6 Å². The summed E-state index contributed by atoms with van der Waals surface area (Å²) in [4.78, 5) is 11.1. The number of carboxylic acid groups (broad SMARTS) is 1. The summed E-state index contributed by atoms with van der Waals surface area (Å²) in [6, 6.07) is 4.51. The van der Waals surface area contributed by atoms with Gasteiger partial charge in [0.2, 0.25) is 0 Å². The number of aliphatic carboxylic acids is 1. The second kappa shape index (κ2) is 6.03. The fraction of sp³-hybridized carbons (Fsp3) is 0.500. The molecule has 0 bridgehead atoms. The van der Waals surface area contributed by atoms with Gasteiger partial charge in [-0.05, 0) is 17.7 Å². The van der Waals surface area contributed by atoms with Crippen LogP contribution in [0.5, 0.6) is 11.5 Å². The Morgan fingerprint density at radius 3 is 2.76 bits per heavy atom. The summed E-state index contributed by atoms with van der Waals surface area (Å²) < 4.78 is 23.1. The summed E-state index contributed by atoms with van der Waals surface area (Å²) in [5.41, 5.74) is 0.874. The number of nitrogens with one attached hydrogen (secondary N) is 1. The molecule has 2 aliphatic rings. The maximum Gasteiger partial charge on any atom is 0.321 e. The Kier molecular flexibility index (Phi) is 4.12. The average molecular weight is 311 g/mol. The predicted octanol–water partition coefficient (Wildman–Crippen LogP) is 0.694. The van der Waals surface area contributed by atoms with Crippen LogP contribution in [0.15, 0.2) is 18.2 Å². The first-order valence-corrected chi connectivity index (χ1v) is 8.35. The van der Waals surface area contributed by atoms with Gasteiger partial charge < -0.3 is 14.6 Å². The molecule has 21 heavy (non-hydrogen) atoms. The molecule has 6 nitrogen and oxygen atoms in total. The second-order valence-corrected chi connectivity index (χ2v) is 6.69.